The molecule has 0 aromatic heterocycles. The van der Waals surface area contributed by atoms with Gasteiger partial charge in [-0.1, -0.05) is 37.6 Å². The van der Waals surface area contributed by atoms with Crippen molar-refractivity contribution in [3.63, 3.8) is 0 Å². The van der Waals surface area contributed by atoms with E-state index in [4.69, 9.17) is 11.6 Å². The Kier molecular flexibility index (Phi) is 9.73. The van der Waals surface area contributed by atoms with Gasteiger partial charge in [0.2, 0.25) is 26.0 Å². The fraction of sp³-hybridized carbons (Fsp3) is 0.480. The van der Waals surface area contributed by atoms with Gasteiger partial charge in [0.1, 0.15) is 5.82 Å². The third-order valence-electron chi connectivity index (χ3n) is 6.25. The fourth-order valence-electron chi connectivity index (χ4n) is 4.35. The van der Waals surface area contributed by atoms with E-state index in [1.807, 2.05) is 13.8 Å². The van der Waals surface area contributed by atoms with Crippen molar-refractivity contribution in [1.29, 1.82) is 0 Å². The second-order valence-corrected chi connectivity index (χ2v) is 14.0. The molecule has 8 nitrogen and oxygen atoms in total. The molecular weight excluding hydrogens is 541 g/mol. The summed E-state index contributed by atoms with van der Waals surface area (Å²) in [7, 11) is -7.34. The summed E-state index contributed by atoms with van der Waals surface area (Å²) in [6, 6.07) is 11.3. The molecule has 1 aliphatic heterocycles. The smallest absolute Gasteiger partial charge is 0.243 e. The zero-order valence-corrected chi connectivity index (χ0v) is 23.6. The first-order valence-electron chi connectivity index (χ1n) is 12.0. The van der Waals surface area contributed by atoms with Crippen LogP contribution in [0, 0.1) is 11.7 Å². The highest BCUT2D eigenvalue weighted by molar-refractivity contribution is 7.89. The summed E-state index contributed by atoms with van der Waals surface area (Å²) in [6.07, 6.45) is 1.97. The molecule has 37 heavy (non-hydrogen) atoms. The summed E-state index contributed by atoms with van der Waals surface area (Å²) in [5, 5.41) is 0.399. The number of piperidine rings is 1. The normalized spacial score (nSPS) is 15.9. The largest absolute Gasteiger partial charge is 0.334 e. The molecule has 2 aromatic rings. The van der Waals surface area contributed by atoms with Crippen LogP contribution in [0.5, 0.6) is 0 Å². The average Bonchev–Trinajstić information content (AvgIpc) is 2.82. The number of hydrogen-bond acceptors (Lipinski definition) is 5. The molecule has 0 radical (unpaired) electrons. The summed E-state index contributed by atoms with van der Waals surface area (Å²) in [6.45, 7) is 4.16. The van der Waals surface area contributed by atoms with Crippen LogP contribution >= 0.6 is 11.6 Å². The first-order chi connectivity index (χ1) is 17.3. The van der Waals surface area contributed by atoms with E-state index in [-0.39, 0.29) is 49.6 Å². The van der Waals surface area contributed by atoms with E-state index in [9.17, 15) is 26.0 Å². The van der Waals surface area contributed by atoms with Gasteiger partial charge in [-0.15, -0.1) is 0 Å². The number of hydrogen-bond donors (Lipinski definition) is 0. The third-order valence-corrected chi connectivity index (χ3v) is 9.63. The van der Waals surface area contributed by atoms with Crippen LogP contribution in [-0.2, 0) is 31.4 Å². The Morgan fingerprint density at radius 1 is 1.03 bits per heavy atom. The predicted octanol–water partition coefficient (Wildman–Crippen LogP) is 3.58. The molecule has 204 valence electrons. The summed E-state index contributed by atoms with van der Waals surface area (Å²) in [5.41, 5.74) is 0.691. The Morgan fingerprint density at radius 2 is 1.59 bits per heavy atom. The minimum Gasteiger partial charge on any atom is -0.334 e. The van der Waals surface area contributed by atoms with E-state index in [1.165, 1.54) is 45.0 Å². The van der Waals surface area contributed by atoms with Gasteiger partial charge in [-0.05, 0) is 60.7 Å². The minimum atomic E-state index is -3.99. The van der Waals surface area contributed by atoms with Crippen molar-refractivity contribution >= 4 is 37.6 Å². The van der Waals surface area contributed by atoms with Gasteiger partial charge >= 0.3 is 0 Å². The highest BCUT2D eigenvalue weighted by atomic mass is 35.5. The van der Waals surface area contributed by atoms with Crippen LogP contribution in [0.25, 0.3) is 0 Å². The zero-order chi connectivity index (χ0) is 27.4. The van der Waals surface area contributed by atoms with Crippen molar-refractivity contribution in [2.75, 3.05) is 32.4 Å². The molecule has 12 heteroatoms. The Morgan fingerprint density at radius 3 is 2.11 bits per heavy atom. The Bertz CT molecular complexity index is 1280. The van der Waals surface area contributed by atoms with Crippen molar-refractivity contribution in [3.05, 3.63) is 64.9 Å². The van der Waals surface area contributed by atoms with Crippen LogP contribution in [0.4, 0.5) is 4.39 Å². The summed E-state index contributed by atoms with van der Waals surface area (Å²) < 4.78 is 66.9. The number of benzene rings is 2. The maximum atomic E-state index is 13.7. The first kappa shape index (κ1) is 29.5. The summed E-state index contributed by atoms with van der Waals surface area (Å²) in [5.74, 6) is -0.848. The SMILES string of the molecule is CC(C)CN(CC(=O)N(Cc1ccc(F)cc1)C1CCN(S(C)(=O)=O)CC1)S(=O)(=O)c1ccc(Cl)cc1. The van der Waals surface area contributed by atoms with E-state index in [0.29, 0.717) is 23.4 Å². The lowest BCUT2D eigenvalue weighted by molar-refractivity contribution is -0.135. The van der Waals surface area contributed by atoms with Crippen LogP contribution in [0.2, 0.25) is 5.02 Å². The predicted molar refractivity (Wildman–Crippen MR) is 141 cm³/mol. The molecule has 0 atom stereocenters. The van der Waals surface area contributed by atoms with Gasteiger partial charge < -0.3 is 4.90 Å². The number of carbonyl (C=O) groups excluding carboxylic acids is 1. The number of rotatable bonds is 10. The molecule has 1 saturated heterocycles. The Hall–Kier alpha value is -2.05. The summed E-state index contributed by atoms with van der Waals surface area (Å²) in [4.78, 5) is 15.3. The Balaban J connectivity index is 1.88. The molecule has 1 heterocycles. The molecule has 3 rings (SSSR count). The topological polar surface area (TPSA) is 95.1 Å². The second-order valence-electron chi connectivity index (χ2n) is 9.69. The molecule has 1 amide bonds. The molecule has 0 N–H and O–H groups in total. The van der Waals surface area contributed by atoms with Crippen LogP contribution in [0.15, 0.2) is 53.4 Å². The molecule has 2 aromatic carbocycles. The van der Waals surface area contributed by atoms with E-state index >= 15 is 0 Å². The standard InChI is InChI=1S/C25H33ClFN3O5S2/c1-19(2)16-29(37(34,35)24-10-6-21(26)7-11-24)18-25(31)30(17-20-4-8-22(27)9-5-20)23-12-14-28(15-13-23)36(3,32)33/h4-11,19,23H,12-18H2,1-3H3. The third kappa shape index (κ3) is 7.97. The van der Waals surface area contributed by atoms with Gasteiger partial charge in [0.25, 0.3) is 0 Å². The first-order valence-corrected chi connectivity index (χ1v) is 15.7. The number of sulfonamides is 2. The van der Waals surface area contributed by atoms with E-state index < -0.39 is 31.8 Å². The molecule has 0 saturated carbocycles. The van der Waals surface area contributed by atoms with Crippen molar-refractivity contribution in [3.8, 4) is 0 Å². The molecule has 0 spiro atoms. The second kappa shape index (κ2) is 12.2. The van der Waals surface area contributed by atoms with Crippen LogP contribution in [0.1, 0.15) is 32.3 Å². The Labute approximate surface area is 224 Å². The van der Waals surface area contributed by atoms with Crippen LogP contribution in [0.3, 0.4) is 0 Å². The van der Waals surface area contributed by atoms with Gasteiger partial charge in [-0.2, -0.15) is 4.31 Å². The highest BCUT2D eigenvalue weighted by Gasteiger charge is 2.34. The number of halogens is 2. The van der Waals surface area contributed by atoms with Gasteiger partial charge in [0.15, 0.2) is 0 Å². The van der Waals surface area contributed by atoms with Gasteiger partial charge in [-0.3, -0.25) is 4.79 Å². The van der Waals surface area contributed by atoms with Crippen molar-refractivity contribution in [2.45, 2.75) is 44.2 Å². The lowest BCUT2D eigenvalue weighted by atomic mass is 10.0. The van der Waals surface area contributed by atoms with Gasteiger partial charge in [-0.25, -0.2) is 25.5 Å². The van der Waals surface area contributed by atoms with E-state index in [1.54, 1.807) is 17.0 Å². The molecule has 1 fully saturated rings. The monoisotopic (exact) mass is 573 g/mol. The van der Waals surface area contributed by atoms with Crippen molar-refractivity contribution in [2.24, 2.45) is 5.92 Å². The van der Waals surface area contributed by atoms with E-state index in [0.717, 1.165) is 6.26 Å². The van der Waals surface area contributed by atoms with Crippen LogP contribution < -0.4 is 0 Å². The van der Waals surface area contributed by atoms with Gasteiger partial charge in [0.05, 0.1) is 17.7 Å². The minimum absolute atomic E-state index is 0.0388. The molecule has 0 bridgehead atoms. The lowest BCUT2D eigenvalue weighted by Gasteiger charge is -2.38. The summed E-state index contributed by atoms with van der Waals surface area (Å²) >= 11 is 5.93. The molecule has 0 aliphatic carbocycles. The van der Waals surface area contributed by atoms with E-state index in [2.05, 4.69) is 0 Å². The van der Waals surface area contributed by atoms with Crippen molar-refractivity contribution in [1.82, 2.24) is 13.5 Å². The van der Waals surface area contributed by atoms with Gasteiger partial charge in [0, 0.05) is 37.2 Å². The molecule has 0 unspecified atom stereocenters. The molecule has 1 aliphatic rings. The number of nitrogens with zero attached hydrogens (tertiary/aromatic N) is 3. The maximum Gasteiger partial charge on any atom is 0.243 e. The number of amides is 1. The quantitative estimate of drug-likeness (QED) is 0.433. The lowest BCUT2D eigenvalue weighted by Crippen LogP contribution is -2.51. The average molecular weight is 574 g/mol. The number of carbonyl (C=O) groups is 1. The fourth-order valence-corrected chi connectivity index (χ4v) is 6.90. The highest BCUT2D eigenvalue weighted by Crippen LogP contribution is 2.24. The van der Waals surface area contributed by atoms with Crippen molar-refractivity contribution < 1.29 is 26.0 Å². The van der Waals surface area contributed by atoms with Crippen LogP contribution in [-0.4, -0.2) is 74.7 Å². The maximum absolute atomic E-state index is 13.7. The molecular formula is C25H33ClFN3O5S2. The zero-order valence-electron chi connectivity index (χ0n) is 21.2.